The Morgan fingerprint density at radius 3 is 2.67 bits per heavy atom. The highest BCUT2D eigenvalue weighted by Gasteiger charge is 2.15. The van der Waals surface area contributed by atoms with Gasteiger partial charge < -0.3 is 4.42 Å². The molecule has 5 nitrogen and oxygen atoms in total. The predicted molar refractivity (Wildman–Crippen MR) is 99.3 cm³/mol. The summed E-state index contributed by atoms with van der Waals surface area (Å²) in [5, 5.41) is 0.792. The largest absolute Gasteiger partial charge is 0.448 e. The van der Waals surface area contributed by atoms with Gasteiger partial charge in [-0.15, -0.1) is 0 Å². The molecule has 0 aliphatic heterocycles. The number of hydrogen-bond donors (Lipinski definition) is 0. The number of Topliss-reactive ketones (excluding diaryl/α,β-unsaturated/α-hetero) is 1. The number of ketones is 1. The van der Waals surface area contributed by atoms with Gasteiger partial charge in [-0.2, -0.15) is 0 Å². The van der Waals surface area contributed by atoms with Crippen molar-refractivity contribution in [2.45, 2.75) is 6.54 Å². The molecule has 0 radical (unpaired) electrons. The Labute approximate surface area is 150 Å². The minimum absolute atomic E-state index is 0.0700. The van der Waals surface area contributed by atoms with Crippen LogP contribution >= 0.6 is 22.6 Å². The van der Waals surface area contributed by atoms with Crippen molar-refractivity contribution >= 4 is 50.4 Å². The SMILES string of the molecule is O=C(Cn1cnc2c(oc3ccccc32)c1=O)c1ccc(I)cc1. The summed E-state index contributed by atoms with van der Waals surface area (Å²) in [6.45, 7) is -0.0700. The molecule has 0 bridgehead atoms. The number of carbonyl (C=O) groups is 1. The van der Waals surface area contributed by atoms with E-state index < -0.39 is 0 Å². The Hall–Kier alpha value is -2.48. The summed E-state index contributed by atoms with van der Waals surface area (Å²) < 4.78 is 7.95. The normalized spacial score (nSPS) is 11.2. The number of halogens is 1. The maximum atomic E-state index is 12.6. The average molecular weight is 430 g/mol. The van der Waals surface area contributed by atoms with E-state index in [0.29, 0.717) is 16.7 Å². The summed E-state index contributed by atoms with van der Waals surface area (Å²) in [6.07, 6.45) is 1.40. The summed E-state index contributed by atoms with van der Waals surface area (Å²) in [7, 11) is 0. The van der Waals surface area contributed by atoms with E-state index in [9.17, 15) is 9.59 Å². The number of furan rings is 1. The molecule has 0 N–H and O–H groups in total. The molecule has 4 rings (SSSR count). The third kappa shape index (κ3) is 2.52. The lowest BCUT2D eigenvalue weighted by molar-refractivity contribution is 0.0970. The van der Waals surface area contributed by atoms with Gasteiger partial charge in [0.05, 0.1) is 12.9 Å². The van der Waals surface area contributed by atoms with E-state index in [1.165, 1.54) is 10.9 Å². The molecule has 2 heterocycles. The van der Waals surface area contributed by atoms with Crippen LogP contribution in [0.25, 0.3) is 22.1 Å². The second-order valence-corrected chi connectivity index (χ2v) is 6.63. The van der Waals surface area contributed by atoms with E-state index >= 15 is 0 Å². The fourth-order valence-corrected chi connectivity index (χ4v) is 2.97. The van der Waals surface area contributed by atoms with E-state index in [0.717, 1.165) is 8.96 Å². The van der Waals surface area contributed by atoms with Crippen LogP contribution < -0.4 is 5.56 Å². The highest BCUT2D eigenvalue weighted by Crippen LogP contribution is 2.24. The quantitative estimate of drug-likeness (QED) is 0.368. The van der Waals surface area contributed by atoms with Gasteiger partial charge in [-0.3, -0.25) is 14.2 Å². The summed E-state index contributed by atoms with van der Waals surface area (Å²) in [6, 6.07) is 14.6. The van der Waals surface area contributed by atoms with Crippen molar-refractivity contribution in [1.29, 1.82) is 0 Å². The number of rotatable bonds is 3. The van der Waals surface area contributed by atoms with Gasteiger partial charge >= 0.3 is 0 Å². The van der Waals surface area contributed by atoms with Gasteiger partial charge in [0.15, 0.2) is 5.78 Å². The molecular weight excluding hydrogens is 419 g/mol. The molecule has 0 saturated carbocycles. The summed E-state index contributed by atoms with van der Waals surface area (Å²) in [4.78, 5) is 29.3. The number of benzene rings is 2. The van der Waals surface area contributed by atoms with Crippen LogP contribution in [0.4, 0.5) is 0 Å². The second-order valence-electron chi connectivity index (χ2n) is 5.38. The van der Waals surface area contributed by atoms with Gasteiger partial charge in [-0.25, -0.2) is 4.98 Å². The summed E-state index contributed by atoms with van der Waals surface area (Å²) in [5.41, 5.74) is 1.52. The number of fused-ring (bicyclic) bond motifs is 3. The average Bonchev–Trinajstić information content (AvgIpc) is 2.97. The Morgan fingerprint density at radius 2 is 1.88 bits per heavy atom. The van der Waals surface area contributed by atoms with Crippen LogP contribution in [0.2, 0.25) is 0 Å². The molecule has 0 aliphatic carbocycles. The molecule has 4 aromatic rings. The molecule has 118 valence electrons. The Bertz CT molecular complexity index is 1130. The molecule has 0 spiro atoms. The van der Waals surface area contributed by atoms with Crippen molar-refractivity contribution < 1.29 is 9.21 Å². The van der Waals surface area contributed by atoms with E-state index in [4.69, 9.17) is 4.42 Å². The first-order valence-corrected chi connectivity index (χ1v) is 8.37. The zero-order chi connectivity index (χ0) is 16.7. The highest BCUT2D eigenvalue weighted by atomic mass is 127. The van der Waals surface area contributed by atoms with Gasteiger partial charge in [-0.05, 0) is 46.9 Å². The van der Waals surface area contributed by atoms with Crippen LogP contribution in [-0.4, -0.2) is 15.3 Å². The lowest BCUT2D eigenvalue weighted by Crippen LogP contribution is -2.24. The Morgan fingerprint density at radius 1 is 1.12 bits per heavy atom. The van der Waals surface area contributed by atoms with Crippen LogP contribution in [0, 0.1) is 3.57 Å². The number of para-hydroxylation sites is 1. The van der Waals surface area contributed by atoms with Crippen LogP contribution in [0.1, 0.15) is 10.4 Å². The second kappa shape index (κ2) is 5.86. The zero-order valence-electron chi connectivity index (χ0n) is 12.4. The molecule has 0 atom stereocenters. The van der Waals surface area contributed by atoms with Crippen molar-refractivity contribution in [1.82, 2.24) is 9.55 Å². The molecule has 6 heteroatoms. The van der Waals surface area contributed by atoms with Crippen LogP contribution in [0.5, 0.6) is 0 Å². The smallest absolute Gasteiger partial charge is 0.297 e. The van der Waals surface area contributed by atoms with Crippen LogP contribution in [0.15, 0.2) is 64.1 Å². The van der Waals surface area contributed by atoms with E-state index in [-0.39, 0.29) is 23.5 Å². The van der Waals surface area contributed by atoms with Gasteiger partial charge in [0.1, 0.15) is 11.1 Å². The first-order valence-electron chi connectivity index (χ1n) is 7.29. The molecule has 0 amide bonds. The molecule has 0 fully saturated rings. The van der Waals surface area contributed by atoms with E-state index in [1.807, 2.05) is 30.3 Å². The Kier molecular flexibility index (Phi) is 3.68. The molecule has 2 aromatic heterocycles. The topological polar surface area (TPSA) is 65.1 Å². The maximum absolute atomic E-state index is 12.6. The maximum Gasteiger partial charge on any atom is 0.297 e. The minimum atomic E-state index is -0.352. The van der Waals surface area contributed by atoms with E-state index in [1.54, 1.807) is 18.2 Å². The Balaban J connectivity index is 1.76. The zero-order valence-corrected chi connectivity index (χ0v) is 14.6. The molecule has 0 aliphatic rings. The van der Waals surface area contributed by atoms with E-state index in [2.05, 4.69) is 27.6 Å². The van der Waals surface area contributed by atoms with Gasteiger partial charge in [0.25, 0.3) is 5.56 Å². The molecule has 0 unspecified atom stereocenters. The monoisotopic (exact) mass is 430 g/mol. The highest BCUT2D eigenvalue weighted by molar-refractivity contribution is 14.1. The fourth-order valence-electron chi connectivity index (χ4n) is 2.61. The van der Waals surface area contributed by atoms with Crippen molar-refractivity contribution in [2.75, 3.05) is 0 Å². The standard InChI is InChI=1S/C18H11IN2O3/c19-12-7-5-11(6-8-12)14(22)9-21-10-20-16-13-3-1-2-4-15(13)24-17(16)18(21)23/h1-8,10H,9H2. The lowest BCUT2D eigenvalue weighted by Gasteiger charge is -2.04. The number of carbonyl (C=O) groups excluding carboxylic acids is 1. The molecular formula is C18H11IN2O3. The molecule has 2 aromatic carbocycles. The van der Waals surface area contributed by atoms with Crippen molar-refractivity contribution in [3.63, 3.8) is 0 Å². The van der Waals surface area contributed by atoms with Crippen molar-refractivity contribution in [3.8, 4) is 0 Å². The van der Waals surface area contributed by atoms with Crippen molar-refractivity contribution in [2.24, 2.45) is 0 Å². The number of nitrogens with zero attached hydrogens (tertiary/aromatic N) is 2. The predicted octanol–water partition coefficient (Wildman–Crippen LogP) is 3.63. The van der Waals surface area contributed by atoms with Crippen LogP contribution in [0.3, 0.4) is 0 Å². The van der Waals surface area contributed by atoms with Crippen molar-refractivity contribution in [3.05, 3.63) is 74.3 Å². The number of hydrogen-bond acceptors (Lipinski definition) is 4. The first kappa shape index (κ1) is 15.1. The minimum Gasteiger partial charge on any atom is -0.448 e. The fraction of sp³-hybridized carbons (Fsp3) is 0.0556. The molecule has 0 saturated heterocycles. The third-order valence-corrected chi connectivity index (χ3v) is 4.55. The summed E-state index contributed by atoms with van der Waals surface area (Å²) in [5.74, 6) is -0.147. The number of aromatic nitrogens is 2. The van der Waals surface area contributed by atoms with Crippen LogP contribution in [-0.2, 0) is 6.54 Å². The first-order chi connectivity index (χ1) is 11.6. The lowest BCUT2D eigenvalue weighted by atomic mass is 10.1. The van der Waals surface area contributed by atoms with Gasteiger partial charge in [-0.1, -0.05) is 24.3 Å². The molecule has 24 heavy (non-hydrogen) atoms. The van der Waals surface area contributed by atoms with Gasteiger partial charge in [0.2, 0.25) is 5.58 Å². The third-order valence-electron chi connectivity index (χ3n) is 3.83. The summed E-state index contributed by atoms with van der Waals surface area (Å²) >= 11 is 2.18. The van der Waals surface area contributed by atoms with Gasteiger partial charge in [0, 0.05) is 14.5 Å².